The van der Waals surface area contributed by atoms with Crippen LogP contribution in [0.1, 0.15) is 40.5 Å². The summed E-state index contributed by atoms with van der Waals surface area (Å²) in [5.41, 5.74) is 7.48. The molecule has 2 aromatic carbocycles. The Hall–Kier alpha value is -2.37. The number of amides is 2. The number of hydrogen-bond acceptors (Lipinski definition) is 3. The van der Waals surface area contributed by atoms with Crippen molar-refractivity contribution in [3.8, 4) is 0 Å². The predicted molar refractivity (Wildman–Crippen MR) is 108 cm³/mol. The standard InChI is InChI=1S/C21H24ClN3O2/c1-14(23)15-10-12-25(13-11-15)21(27)18-4-2-3-5-19(18)24-20(26)16-6-8-17(22)9-7-16/h2-9,14-15H,10-13,23H2,1H3,(H,24,26). The summed E-state index contributed by atoms with van der Waals surface area (Å²) in [6.45, 7) is 3.39. The van der Waals surface area contributed by atoms with E-state index in [2.05, 4.69) is 5.32 Å². The number of nitrogens with two attached hydrogens (primary N) is 1. The fourth-order valence-corrected chi connectivity index (χ4v) is 3.50. The van der Waals surface area contributed by atoms with E-state index >= 15 is 0 Å². The van der Waals surface area contributed by atoms with E-state index in [4.69, 9.17) is 17.3 Å². The van der Waals surface area contributed by atoms with Crippen LogP contribution in [0.2, 0.25) is 5.02 Å². The van der Waals surface area contributed by atoms with E-state index in [0.29, 0.717) is 40.8 Å². The number of rotatable bonds is 4. The number of nitrogens with one attached hydrogen (secondary N) is 1. The van der Waals surface area contributed by atoms with E-state index in [-0.39, 0.29) is 17.9 Å². The zero-order valence-electron chi connectivity index (χ0n) is 15.3. The predicted octanol–water partition coefficient (Wildman–Crippen LogP) is 3.79. The van der Waals surface area contributed by atoms with Crippen LogP contribution in [0.4, 0.5) is 5.69 Å². The highest BCUT2D eigenvalue weighted by atomic mass is 35.5. The second-order valence-electron chi connectivity index (χ2n) is 7.00. The lowest BCUT2D eigenvalue weighted by molar-refractivity contribution is 0.0682. The molecule has 0 spiro atoms. The zero-order chi connectivity index (χ0) is 19.4. The number of piperidine rings is 1. The second kappa shape index (κ2) is 8.55. The molecule has 0 aliphatic carbocycles. The van der Waals surface area contributed by atoms with Crippen molar-refractivity contribution in [3.63, 3.8) is 0 Å². The first-order valence-corrected chi connectivity index (χ1v) is 9.54. The summed E-state index contributed by atoms with van der Waals surface area (Å²) < 4.78 is 0. The molecular formula is C21H24ClN3O2. The molecule has 3 rings (SSSR count). The van der Waals surface area contributed by atoms with Gasteiger partial charge in [0.05, 0.1) is 11.3 Å². The molecular weight excluding hydrogens is 362 g/mol. The van der Waals surface area contributed by atoms with Gasteiger partial charge in [-0.2, -0.15) is 0 Å². The van der Waals surface area contributed by atoms with Crippen molar-refractivity contribution in [1.29, 1.82) is 0 Å². The molecule has 1 aliphatic heterocycles. The SMILES string of the molecule is CC(N)C1CCN(C(=O)c2ccccc2NC(=O)c2ccc(Cl)cc2)CC1. The third-order valence-corrected chi connectivity index (χ3v) is 5.33. The van der Waals surface area contributed by atoms with Crippen LogP contribution in [0.5, 0.6) is 0 Å². The number of likely N-dealkylation sites (tertiary alicyclic amines) is 1. The molecule has 142 valence electrons. The highest BCUT2D eigenvalue weighted by Crippen LogP contribution is 2.24. The van der Waals surface area contributed by atoms with Crippen molar-refractivity contribution in [1.82, 2.24) is 4.90 Å². The van der Waals surface area contributed by atoms with Crippen LogP contribution in [-0.2, 0) is 0 Å². The molecule has 2 aromatic rings. The minimum atomic E-state index is -0.275. The number of carbonyl (C=O) groups is 2. The summed E-state index contributed by atoms with van der Waals surface area (Å²) in [7, 11) is 0. The van der Waals surface area contributed by atoms with Crippen LogP contribution in [0, 0.1) is 5.92 Å². The Morgan fingerprint density at radius 1 is 1.11 bits per heavy atom. The van der Waals surface area contributed by atoms with Gasteiger partial charge in [0.1, 0.15) is 0 Å². The lowest BCUT2D eigenvalue weighted by Crippen LogP contribution is -2.42. The number of carbonyl (C=O) groups excluding carboxylic acids is 2. The lowest BCUT2D eigenvalue weighted by Gasteiger charge is -2.34. The molecule has 1 unspecified atom stereocenters. The number of benzene rings is 2. The van der Waals surface area contributed by atoms with Gasteiger partial charge in [0, 0.05) is 29.7 Å². The van der Waals surface area contributed by atoms with E-state index in [0.717, 1.165) is 12.8 Å². The summed E-state index contributed by atoms with van der Waals surface area (Å²) in [5.74, 6) is 0.113. The molecule has 1 fully saturated rings. The lowest BCUT2D eigenvalue weighted by atomic mass is 9.90. The normalized spacial score (nSPS) is 16.0. The Balaban J connectivity index is 1.73. The average Bonchev–Trinajstić information content (AvgIpc) is 2.68. The van der Waals surface area contributed by atoms with Crippen molar-refractivity contribution >= 4 is 29.1 Å². The summed E-state index contributed by atoms with van der Waals surface area (Å²) in [4.78, 5) is 27.3. The number of halogens is 1. The molecule has 1 saturated heterocycles. The Bertz CT molecular complexity index is 812. The van der Waals surface area contributed by atoms with Gasteiger partial charge in [-0.3, -0.25) is 9.59 Å². The third kappa shape index (κ3) is 4.67. The summed E-state index contributed by atoms with van der Waals surface area (Å²) >= 11 is 5.87. The Morgan fingerprint density at radius 3 is 2.37 bits per heavy atom. The first kappa shape index (κ1) is 19.4. The van der Waals surface area contributed by atoms with Gasteiger partial charge in [-0.05, 0) is 62.1 Å². The summed E-state index contributed by atoms with van der Waals surface area (Å²) in [6, 6.07) is 13.9. The molecule has 1 aliphatic rings. The molecule has 2 amide bonds. The van der Waals surface area contributed by atoms with Gasteiger partial charge in [0.15, 0.2) is 0 Å². The van der Waals surface area contributed by atoms with Crippen LogP contribution < -0.4 is 11.1 Å². The molecule has 5 nitrogen and oxygen atoms in total. The largest absolute Gasteiger partial charge is 0.339 e. The number of hydrogen-bond donors (Lipinski definition) is 2. The molecule has 0 bridgehead atoms. The van der Waals surface area contributed by atoms with Crippen LogP contribution in [0.3, 0.4) is 0 Å². The zero-order valence-corrected chi connectivity index (χ0v) is 16.1. The second-order valence-corrected chi connectivity index (χ2v) is 7.43. The molecule has 1 atom stereocenters. The van der Waals surface area contributed by atoms with Gasteiger partial charge < -0.3 is 16.0 Å². The number of anilines is 1. The van der Waals surface area contributed by atoms with Crippen molar-refractivity contribution in [2.75, 3.05) is 18.4 Å². The van der Waals surface area contributed by atoms with Gasteiger partial charge in [0.2, 0.25) is 0 Å². The van der Waals surface area contributed by atoms with Gasteiger partial charge in [-0.25, -0.2) is 0 Å². The fourth-order valence-electron chi connectivity index (χ4n) is 3.37. The van der Waals surface area contributed by atoms with E-state index in [1.165, 1.54) is 0 Å². The smallest absolute Gasteiger partial charge is 0.255 e. The minimum absolute atomic E-state index is 0.0647. The molecule has 3 N–H and O–H groups in total. The molecule has 1 heterocycles. The maximum Gasteiger partial charge on any atom is 0.255 e. The molecule has 6 heteroatoms. The minimum Gasteiger partial charge on any atom is -0.339 e. The van der Waals surface area contributed by atoms with Crippen LogP contribution in [0.15, 0.2) is 48.5 Å². The number of para-hydroxylation sites is 1. The summed E-state index contributed by atoms with van der Waals surface area (Å²) in [5, 5.41) is 3.41. The van der Waals surface area contributed by atoms with Gasteiger partial charge in [-0.15, -0.1) is 0 Å². The van der Waals surface area contributed by atoms with Gasteiger partial charge in [-0.1, -0.05) is 23.7 Å². The Morgan fingerprint density at radius 2 is 1.74 bits per heavy atom. The third-order valence-electron chi connectivity index (χ3n) is 5.08. The highest BCUT2D eigenvalue weighted by molar-refractivity contribution is 6.30. The fraction of sp³-hybridized carbons (Fsp3) is 0.333. The van der Waals surface area contributed by atoms with E-state index in [1.54, 1.807) is 48.5 Å². The van der Waals surface area contributed by atoms with E-state index in [9.17, 15) is 9.59 Å². The first-order valence-electron chi connectivity index (χ1n) is 9.16. The van der Waals surface area contributed by atoms with Crippen LogP contribution in [0.25, 0.3) is 0 Å². The van der Waals surface area contributed by atoms with Crippen LogP contribution in [-0.4, -0.2) is 35.8 Å². The van der Waals surface area contributed by atoms with Crippen molar-refractivity contribution in [2.45, 2.75) is 25.8 Å². The molecule has 0 radical (unpaired) electrons. The van der Waals surface area contributed by atoms with E-state index in [1.807, 2.05) is 11.8 Å². The molecule has 27 heavy (non-hydrogen) atoms. The van der Waals surface area contributed by atoms with Gasteiger partial charge in [0.25, 0.3) is 11.8 Å². The quantitative estimate of drug-likeness (QED) is 0.840. The highest BCUT2D eigenvalue weighted by Gasteiger charge is 2.26. The van der Waals surface area contributed by atoms with Crippen molar-refractivity contribution in [3.05, 3.63) is 64.7 Å². The van der Waals surface area contributed by atoms with Crippen LogP contribution >= 0.6 is 11.6 Å². The molecule has 0 aromatic heterocycles. The topological polar surface area (TPSA) is 75.4 Å². The summed E-state index contributed by atoms with van der Waals surface area (Å²) in [6.07, 6.45) is 1.81. The number of nitrogens with zero attached hydrogens (tertiary/aromatic N) is 1. The van der Waals surface area contributed by atoms with E-state index < -0.39 is 0 Å². The molecule has 0 saturated carbocycles. The Kier molecular flexibility index (Phi) is 6.14. The maximum absolute atomic E-state index is 13.0. The monoisotopic (exact) mass is 385 g/mol. The van der Waals surface area contributed by atoms with Crippen molar-refractivity contribution < 1.29 is 9.59 Å². The first-order chi connectivity index (χ1) is 13.0. The average molecular weight is 386 g/mol. The van der Waals surface area contributed by atoms with Gasteiger partial charge >= 0.3 is 0 Å². The maximum atomic E-state index is 13.0. The Labute approximate surface area is 164 Å². The van der Waals surface area contributed by atoms with Crippen molar-refractivity contribution in [2.24, 2.45) is 11.7 Å².